The van der Waals surface area contributed by atoms with Crippen molar-refractivity contribution in [3.05, 3.63) is 23.9 Å². The number of rotatable bonds is 8. The van der Waals surface area contributed by atoms with Gasteiger partial charge in [0.15, 0.2) is 0 Å². The van der Waals surface area contributed by atoms with Crippen LogP contribution < -0.4 is 25.0 Å². The molecule has 1 saturated carbocycles. The molecule has 3 N–H and O–H groups in total. The highest BCUT2D eigenvalue weighted by atomic mass is 16.5. The van der Waals surface area contributed by atoms with Gasteiger partial charge in [-0.15, -0.1) is 0 Å². The first-order valence-corrected chi connectivity index (χ1v) is 12.2. The van der Waals surface area contributed by atoms with Crippen molar-refractivity contribution in [1.29, 1.82) is 0 Å². The van der Waals surface area contributed by atoms with Crippen LogP contribution in [0.3, 0.4) is 0 Å². The van der Waals surface area contributed by atoms with Crippen molar-refractivity contribution in [2.45, 2.75) is 38.5 Å². The number of carbonyl (C=O) groups excluding carboxylic acids is 1. The Hall–Kier alpha value is -3.63. The van der Waals surface area contributed by atoms with Gasteiger partial charge in [-0.1, -0.05) is 12.8 Å². The Morgan fingerprint density at radius 1 is 1.14 bits per heavy atom. The number of pyridine rings is 1. The summed E-state index contributed by atoms with van der Waals surface area (Å²) in [6.07, 6.45) is 6.95. The fraction of sp³-hybridized carbons (Fsp3) is 0.542. The van der Waals surface area contributed by atoms with E-state index in [-0.39, 0.29) is 48.1 Å². The first kappa shape index (κ1) is 23.1. The number of aliphatic carboxylic acids is 1. The number of fused-ring (bicyclic) bond motifs is 1. The molecule has 4 heterocycles. The van der Waals surface area contributed by atoms with Gasteiger partial charge >= 0.3 is 12.0 Å². The second-order valence-corrected chi connectivity index (χ2v) is 9.36. The average molecular weight is 483 g/mol. The Kier molecular flexibility index (Phi) is 6.56. The average Bonchev–Trinajstić information content (AvgIpc) is 3.67. The summed E-state index contributed by atoms with van der Waals surface area (Å²) in [5.41, 5.74) is 6.88. The van der Waals surface area contributed by atoms with Crippen LogP contribution in [-0.4, -0.2) is 64.8 Å². The molecule has 0 aromatic carbocycles. The SMILES string of the molecule is Nc1nc(OCCC2CC2)nc2c1C(=O)N(c1ccc(N3CCC(CC(=O)O)CC3)nc1)CCO2. The monoisotopic (exact) mass is 482 g/mol. The molecular formula is C24H30N6O5. The molecule has 0 radical (unpaired) electrons. The predicted octanol–water partition coefficient (Wildman–Crippen LogP) is 2.36. The van der Waals surface area contributed by atoms with Gasteiger partial charge < -0.3 is 30.1 Å². The maximum atomic E-state index is 13.4. The molecule has 0 unspecified atom stereocenters. The molecule has 5 rings (SSSR count). The van der Waals surface area contributed by atoms with E-state index in [1.165, 1.54) is 12.8 Å². The quantitative estimate of drug-likeness (QED) is 0.575. The van der Waals surface area contributed by atoms with Crippen LogP contribution in [-0.2, 0) is 4.79 Å². The second-order valence-electron chi connectivity index (χ2n) is 9.36. The van der Waals surface area contributed by atoms with E-state index in [2.05, 4.69) is 19.9 Å². The number of amides is 1. The number of carboxylic acids is 1. The highest BCUT2D eigenvalue weighted by Gasteiger charge is 2.31. The van der Waals surface area contributed by atoms with E-state index in [0.29, 0.717) is 18.8 Å². The molecule has 1 saturated heterocycles. The fourth-order valence-electron chi connectivity index (χ4n) is 4.58. The van der Waals surface area contributed by atoms with Crippen molar-refractivity contribution in [3.8, 4) is 11.9 Å². The van der Waals surface area contributed by atoms with Gasteiger partial charge in [0.2, 0.25) is 5.88 Å². The van der Waals surface area contributed by atoms with Crippen LogP contribution in [0.2, 0.25) is 0 Å². The lowest BCUT2D eigenvalue weighted by molar-refractivity contribution is -0.138. The smallest absolute Gasteiger partial charge is 0.321 e. The zero-order chi connectivity index (χ0) is 24.4. The lowest BCUT2D eigenvalue weighted by Crippen LogP contribution is -2.35. The molecule has 0 bridgehead atoms. The number of anilines is 3. The van der Waals surface area contributed by atoms with Crippen LogP contribution in [0.5, 0.6) is 11.9 Å². The Balaban J connectivity index is 1.26. The third kappa shape index (κ3) is 5.39. The summed E-state index contributed by atoms with van der Waals surface area (Å²) in [6.45, 7) is 2.59. The predicted molar refractivity (Wildman–Crippen MR) is 128 cm³/mol. The molecule has 186 valence electrons. The topological polar surface area (TPSA) is 144 Å². The van der Waals surface area contributed by atoms with Crippen LogP contribution in [0.15, 0.2) is 18.3 Å². The van der Waals surface area contributed by atoms with Crippen LogP contribution in [0.4, 0.5) is 17.3 Å². The highest BCUT2D eigenvalue weighted by molar-refractivity contribution is 6.10. The summed E-state index contributed by atoms with van der Waals surface area (Å²) < 4.78 is 11.4. The first-order valence-electron chi connectivity index (χ1n) is 12.2. The van der Waals surface area contributed by atoms with Gasteiger partial charge in [-0.2, -0.15) is 9.97 Å². The molecule has 1 amide bonds. The normalized spacial score (nSPS) is 18.6. The van der Waals surface area contributed by atoms with Gasteiger partial charge in [-0.05, 0) is 43.2 Å². The molecule has 2 aromatic heterocycles. The maximum absolute atomic E-state index is 13.4. The Labute approximate surface area is 203 Å². The van der Waals surface area contributed by atoms with Crippen LogP contribution in [0.1, 0.15) is 48.9 Å². The number of aromatic nitrogens is 3. The molecule has 0 spiro atoms. The summed E-state index contributed by atoms with van der Waals surface area (Å²) >= 11 is 0. The summed E-state index contributed by atoms with van der Waals surface area (Å²) in [5, 5.41) is 9.00. The van der Waals surface area contributed by atoms with Crippen LogP contribution in [0, 0.1) is 11.8 Å². The molecule has 2 fully saturated rings. The van der Waals surface area contributed by atoms with E-state index < -0.39 is 5.97 Å². The summed E-state index contributed by atoms with van der Waals surface area (Å²) in [6, 6.07) is 3.85. The number of nitrogen functional groups attached to an aromatic ring is 1. The van der Waals surface area contributed by atoms with Crippen molar-refractivity contribution in [2.24, 2.45) is 11.8 Å². The molecule has 35 heavy (non-hydrogen) atoms. The van der Waals surface area contributed by atoms with Crippen LogP contribution >= 0.6 is 0 Å². The standard InChI is InChI=1S/C24H30N6O5/c25-21-20-22(28-24(27-21)35-11-7-15-1-2-15)34-12-10-30(23(20)33)17-3-4-18(26-14-17)29-8-5-16(6-9-29)13-19(31)32/h3-4,14-16H,1-2,5-13H2,(H,31,32)(H2,25,27,28). The first-order chi connectivity index (χ1) is 17.0. The lowest BCUT2D eigenvalue weighted by Gasteiger charge is -2.32. The molecule has 1 aliphatic carbocycles. The zero-order valence-corrected chi connectivity index (χ0v) is 19.6. The Bertz CT molecular complexity index is 1080. The van der Waals surface area contributed by atoms with E-state index in [9.17, 15) is 9.59 Å². The summed E-state index contributed by atoms with van der Waals surface area (Å²) in [7, 11) is 0. The van der Waals surface area contributed by atoms with Gasteiger partial charge in [-0.25, -0.2) is 4.98 Å². The van der Waals surface area contributed by atoms with Gasteiger partial charge in [0.05, 0.1) is 25.0 Å². The van der Waals surface area contributed by atoms with Gasteiger partial charge in [0, 0.05) is 19.5 Å². The minimum atomic E-state index is -0.748. The molecule has 11 heteroatoms. The largest absolute Gasteiger partial charge is 0.481 e. The second kappa shape index (κ2) is 9.93. The van der Waals surface area contributed by atoms with Gasteiger partial charge in [0.25, 0.3) is 5.91 Å². The highest BCUT2D eigenvalue weighted by Crippen LogP contribution is 2.33. The van der Waals surface area contributed by atoms with E-state index in [0.717, 1.165) is 44.1 Å². The zero-order valence-electron chi connectivity index (χ0n) is 19.6. The minimum Gasteiger partial charge on any atom is -0.481 e. The summed E-state index contributed by atoms with van der Waals surface area (Å²) in [5.74, 6) is 0.808. The molecule has 11 nitrogen and oxygen atoms in total. The van der Waals surface area contributed by atoms with E-state index in [1.807, 2.05) is 12.1 Å². The number of hydrogen-bond acceptors (Lipinski definition) is 9. The molecular weight excluding hydrogens is 452 g/mol. The lowest BCUT2D eigenvalue weighted by atomic mass is 9.94. The van der Waals surface area contributed by atoms with Gasteiger partial charge in [-0.3, -0.25) is 9.59 Å². The Morgan fingerprint density at radius 3 is 2.63 bits per heavy atom. The third-order valence-electron chi connectivity index (χ3n) is 6.80. The fourth-order valence-corrected chi connectivity index (χ4v) is 4.58. The Morgan fingerprint density at radius 2 is 1.94 bits per heavy atom. The number of nitrogens with two attached hydrogens (primary N) is 1. The number of carboxylic acid groups (broad SMARTS) is 1. The van der Waals surface area contributed by atoms with Crippen molar-refractivity contribution < 1.29 is 24.2 Å². The summed E-state index contributed by atoms with van der Waals surface area (Å²) in [4.78, 5) is 41.0. The van der Waals surface area contributed by atoms with E-state index in [1.54, 1.807) is 11.1 Å². The number of piperidine rings is 1. The van der Waals surface area contributed by atoms with Gasteiger partial charge in [0.1, 0.15) is 23.8 Å². The van der Waals surface area contributed by atoms with Crippen LogP contribution in [0.25, 0.3) is 0 Å². The van der Waals surface area contributed by atoms with Crippen molar-refractivity contribution in [1.82, 2.24) is 15.0 Å². The molecule has 2 aliphatic heterocycles. The number of carbonyl (C=O) groups is 2. The molecule has 0 atom stereocenters. The number of hydrogen-bond donors (Lipinski definition) is 2. The molecule has 2 aromatic rings. The van der Waals surface area contributed by atoms with Crippen molar-refractivity contribution >= 4 is 29.2 Å². The third-order valence-corrected chi connectivity index (χ3v) is 6.80. The number of nitrogens with zero attached hydrogens (tertiary/aromatic N) is 5. The van der Waals surface area contributed by atoms with E-state index >= 15 is 0 Å². The maximum Gasteiger partial charge on any atom is 0.321 e. The van der Waals surface area contributed by atoms with E-state index in [4.69, 9.17) is 20.3 Å². The minimum absolute atomic E-state index is 0.0298. The number of ether oxygens (including phenoxy) is 2. The van der Waals surface area contributed by atoms with Crippen molar-refractivity contribution in [2.75, 3.05) is 48.4 Å². The molecule has 3 aliphatic rings. The van der Waals surface area contributed by atoms with Crippen molar-refractivity contribution in [3.63, 3.8) is 0 Å².